The van der Waals surface area contributed by atoms with Crippen molar-refractivity contribution in [2.45, 2.75) is 32.2 Å². The summed E-state index contributed by atoms with van der Waals surface area (Å²) >= 11 is 0. The highest BCUT2D eigenvalue weighted by atomic mass is 16.3. The molecule has 3 rings (SSSR count). The van der Waals surface area contributed by atoms with Gasteiger partial charge in [0, 0.05) is 12.1 Å². The Hall–Kier alpha value is -2.62. The van der Waals surface area contributed by atoms with Crippen LogP contribution in [0.4, 0.5) is 0 Å². The van der Waals surface area contributed by atoms with Gasteiger partial charge in [-0.3, -0.25) is 4.68 Å². The summed E-state index contributed by atoms with van der Waals surface area (Å²) in [6.45, 7) is 4.83. The van der Waals surface area contributed by atoms with E-state index in [0.29, 0.717) is 30.3 Å². The average Bonchev–Trinajstić information content (AvgIpc) is 2.92. The maximum Gasteiger partial charge on any atom is 0.166 e. The molecule has 4 heteroatoms. The van der Waals surface area contributed by atoms with Gasteiger partial charge in [-0.2, -0.15) is 5.10 Å². The number of benzene rings is 1. The van der Waals surface area contributed by atoms with Crippen molar-refractivity contribution >= 4 is 6.29 Å². The van der Waals surface area contributed by atoms with Crippen molar-refractivity contribution in [3.05, 3.63) is 60.3 Å². The second-order valence-electron chi connectivity index (χ2n) is 6.64. The number of hydrogen-bond donors (Lipinski definition) is 1. The van der Waals surface area contributed by atoms with Crippen LogP contribution in [0.5, 0.6) is 5.75 Å². The monoisotopic (exact) mass is 322 g/mol. The average molecular weight is 322 g/mol. The molecule has 0 saturated carbocycles. The normalized spacial score (nSPS) is 19.8. The summed E-state index contributed by atoms with van der Waals surface area (Å²) in [6.07, 6.45) is 9.01. The Morgan fingerprint density at radius 1 is 1.29 bits per heavy atom. The van der Waals surface area contributed by atoms with Crippen molar-refractivity contribution in [1.82, 2.24) is 9.78 Å². The summed E-state index contributed by atoms with van der Waals surface area (Å²) in [5.74, 6) is 0.437. The van der Waals surface area contributed by atoms with Crippen LogP contribution in [0.1, 0.15) is 26.0 Å². The van der Waals surface area contributed by atoms with Crippen LogP contribution in [0.2, 0.25) is 0 Å². The van der Waals surface area contributed by atoms with Crippen LogP contribution < -0.4 is 0 Å². The Morgan fingerprint density at radius 3 is 2.62 bits per heavy atom. The fourth-order valence-electron chi connectivity index (χ4n) is 3.14. The summed E-state index contributed by atoms with van der Waals surface area (Å²) in [7, 11) is 0. The lowest BCUT2D eigenvalue weighted by molar-refractivity contribution is -0.111. The first-order valence-electron chi connectivity index (χ1n) is 8.24. The SMILES string of the molecule is CC(C)Cn1nc(-c2ccccc2)c(O)c1C1(C=O)C=CC=CC1. The molecule has 0 fully saturated rings. The predicted octanol–water partition coefficient (Wildman–Crippen LogP) is 3.86. The van der Waals surface area contributed by atoms with E-state index in [0.717, 1.165) is 11.8 Å². The lowest BCUT2D eigenvalue weighted by Gasteiger charge is -2.26. The highest BCUT2D eigenvalue weighted by Gasteiger charge is 2.37. The van der Waals surface area contributed by atoms with E-state index in [2.05, 4.69) is 18.9 Å². The van der Waals surface area contributed by atoms with E-state index in [-0.39, 0.29) is 5.75 Å². The minimum atomic E-state index is -0.867. The van der Waals surface area contributed by atoms with Crippen molar-refractivity contribution in [3.63, 3.8) is 0 Å². The van der Waals surface area contributed by atoms with Crippen LogP contribution in [0.3, 0.4) is 0 Å². The predicted molar refractivity (Wildman–Crippen MR) is 94.8 cm³/mol. The number of rotatable bonds is 5. The van der Waals surface area contributed by atoms with E-state index in [1.807, 2.05) is 54.6 Å². The quantitative estimate of drug-likeness (QED) is 0.850. The molecule has 0 bridgehead atoms. The van der Waals surface area contributed by atoms with Crippen molar-refractivity contribution in [3.8, 4) is 17.0 Å². The third-order valence-corrected chi connectivity index (χ3v) is 4.26. The molecule has 124 valence electrons. The fraction of sp³-hybridized carbons (Fsp3) is 0.300. The van der Waals surface area contributed by atoms with Gasteiger partial charge < -0.3 is 9.90 Å². The van der Waals surface area contributed by atoms with Gasteiger partial charge in [-0.25, -0.2) is 0 Å². The van der Waals surface area contributed by atoms with Gasteiger partial charge in [0.2, 0.25) is 0 Å². The molecule has 4 nitrogen and oxygen atoms in total. The summed E-state index contributed by atoms with van der Waals surface area (Å²) < 4.78 is 1.79. The number of allylic oxidation sites excluding steroid dienone is 4. The smallest absolute Gasteiger partial charge is 0.166 e. The largest absolute Gasteiger partial charge is 0.504 e. The standard InChI is InChI=1S/C20H22N2O2/c1-15(2)13-22-19(20(14-23)11-7-4-8-12-20)18(24)17(21-22)16-9-5-3-6-10-16/h3-11,14-15,24H,12-13H2,1-2H3. The van der Waals surface area contributed by atoms with E-state index in [1.165, 1.54) is 0 Å². The molecule has 24 heavy (non-hydrogen) atoms. The van der Waals surface area contributed by atoms with E-state index < -0.39 is 5.41 Å². The highest BCUT2D eigenvalue weighted by Crippen LogP contribution is 2.41. The van der Waals surface area contributed by atoms with Crippen molar-refractivity contribution in [2.24, 2.45) is 5.92 Å². The van der Waals surface area contributed by atoms with E-state index in [4.69, 9.17) is 0 Å². The van der Waals surface area contributed by atoms with Gasteiger partial charge in [-0.05, 0) is 12.3 Å². The van der Waals surface area contributed by atoms with Crippen molar-refractivity contribution in [1.29, 1.82) is 0 Å². The van der Waals surface area contributed by atoms with Crippen molar-refractivity contribution < 1.29 is 9.90 Å². The third kappa shape index (κ3) is 2.80. The molecule has 1 aliphatic rings. The Morgan fingerprint density at radius 2 is 2.04 bits per heavy atom. The topological polar surface area (TPSA) is 55.1 Å². The van der Waals surface area contributed by atoms with Crippen LogP contribution >= 0.6 is 0 Å². The number of aromatic hydroxyl groups is 1. The van der Waals surface area contributed by atoms with E-state index in [9.17, 15) is 9.90 Å². The van der Waals surface area contributed by atoms with Gasteiger partial charge in [0.15, 0.2) is 5.75 Å². The minimum absolute atomic E-state index is 0.0916. The molecule has 0 spiro atoms. The Bertz CT molecular complexity index is 787. The number of aromatic nitrogens is 2. The molecular formula is C20H22N2O2. The molecule has 0 saturated heterocycles. The maximum absolute atomic E-state index is 12.0. The summed E-state index contributed by atoms with van der Waals surface area (Å²) in [5, 5.41) is 15.6. The van der Waals surface area contributed by atoms with E-state index >= 15 is 0 Å². The Balaban J connectivity index is 2.20. The number of carbonyl (C=O) groups is 1. The fourth-order valence-corrected chi connectivity index (χ4v) is 3.14. The Labute approximate surface area is 142 Å². The maximum atomic E-state index is 12.0. The van der Waals surface area contributed by atoms with Crippen LogP contribution in [-0.4, -0.2) is 21.2 Å². The number of hydrogen-bond acceptors (Lipinski definition) is 3. The first kappa shape index (κ1) is 16.2. The first-order valence-corrected chi connectivity index (χ1v) is 8.24. The van der Waals surface area contributed by atoms with Crippen LogP contribution in [0.25, 0.3) is 11.3 Å². The first-order chi connectivity index (χ1) is 11.6. The molecular weight excluding hydrogens is 300 g/mol. The number of aldehydes is 1. The van der Waals surface area contributed by atoms with Crippen LogP contribution in [-0.2, 0) is 16.8 Å². The molecule has 1 heterocycles. The van der Waals surface area contributed by atoms with Gasteiger partial charge in [0.05, 0.1) is 11.1 Å². The summed E-state index contributed by atoms with van der Waals surface area (Å²) in [5.41, 5.74) is 1.07. The molecule has 1 aromatic heterocycles. The van der Waals surface area contributed by atoms with Gasteiger partial charge in [0.1, 0.15) is 12.0 Å². The molecule has 1 aliphatic carbocycles. The minimum Gasteiger partial charge on any atom is -0.504 e. The molecule has 0 radical (unpaired) electrons. The zero-order valence-electron chi connectivity index (χ0n) is 14.0. The molecule has 1 unspecified atom stereocenters. The summed E-state index contributed by atoms with van der Waals surface area (Å²) in [6, 6.07) is 9.57. The van der Waals surface area contributed by atoms with Crippen LogP contribution in [0.15, 0.2) is 54.6 Å². The highest BCUT2D eigenvalue weighted by molar-refractivity contribution is 5.78. The zero-order valence-corrected chi connectivity index (χ0v) is 14.0. The summed E-state index contributed by atoms with van der Waals surface area (Å²) in [4.78, 5) is 12.0. The molecule has 1 N–H and O–H groups in total. The molecule has 2 aromatic rings. The second-order valence-corrected chi connectivity index (χ2v) is 6.64. The zero-order chi connectivity index (χ0) is 17.2. The van der Waals surface area contributed by atoms with Crippen molar-refractivity contribution in [2.75, 3.05) is 0 Å². The third-order valence-electron chi connectivity index (χ3n) is 4.26. The lowest BCUT2D eigenvalue weighted by atomic mass is 9.79. The van der Waals surface area contributed by atoms with Gasteiger partial charge in [0.25, 0.3) is 0 Å². The molecule has 1 atom stereocenters. The number of carbonyl (C=O) groups excluding carboxylic acids is 1. The van der Waals surface area contributed by atoms with Gasteiger partial charge in [-0.1, -0.05) is 68.5 Å². The number of nitrogens with zero attached hydrogens (tertiary/aromatic N) is 2. The molecule has 0 amide bonds. The van der Waals surface area contributed by atoms with Gasteiger partial charge >= 0.3 is 0 Å². The lowest BCUT2D eigenvalue weighted by Crippen LogP contribution is -2.30. The Kier molecular flexibility index (Phi) is 4.38. The molecule has 1 aromatic carbocycles. The van der Waals surface area contributed by atoms with E-state index in [1.54, 1.807) is 4.68 Å². The van der Waals surface area contributed by atoms with Crippen LogP contribution in [0, 0.1) is 5.92 Å². The molecule has 0 aliphatic heterocycles. The second kappa shape index (κ2) is 6.48. The van der Waals surface area contributed by atoms with Gasteiger partial charge in [-0.15, -0.1) is 0 Å².